The molecule has 144 valence electrons. The standard InChI is InChI=1S/C21H25ClN2O3/c1-26-20-10-9-18(22)12-19(20)23-21(25)24-11-5-8-17(13-24)15-27-14-16-6-3-2-4-7-16/h2-4,6-7,9-10,12,17H,5,8,11,13-15H2,1H3,(H,23,25). The van der Waals surface area contributed by atoms with E-state index in [0.717, 1.165) is 24.9 Å². The molecule has 0 aliphatic carbocycles. The Morgan fingerprint density at radius 1 is 1.26 bits per heavy atom. The van der Waals surface area contributed by atoms with Crippen LogP contribution in [0.15, 0.2) is 48.5 Å². The molecule has 0 aromatic heterocycles. The molecule has 1 fully saturated rings. The molecule has 0 radical (unpaired) electrons. The van der Waals surface area contributed by atoms with Crippen molar-refractivity contribution in [1.29, 1.82) is 0 Å². The van der Waals surface area contributed by atoms with Crippen LogP contribution >= 0.6 is 11.6 Å². The van der Waals surface area contributed by atoms with Crippen LogP contribution < -0.4 is 10.1 Å². The first-order chi connectivity index (χ1) is 13.2. The minimum absolute atomic E-state index is 0.136. The third-order valence-corrected chi connectivity index (χ3v) is 4.91. The van der Waals surface area contributed by atoms with Crippen molar-refractivity contribution >= 4 is 23.3 Å². The Morgan fingerprint density at radius 3 is 2.85 bits per heavy atom. The molecule has 1 saturated heterocycles. The molecule has 6 heteroatoms. The van der Waals surface area contributed by atoms with Gasteiger partial charge in [0.05, 0.1) is 26.0 Å². The summed E-state index contributed by atoms with van der Waals surface area (Å²) >= 11 is 6.04. The van der Waals surface area contributed by atoms with Gasteiger partial charge < -0.3 is 19.7 Å². The first kappa shape index (κ1) is 19.5. The van der Waals surface area contributed by atoms with E-state index in [2.05, 4.69) is 17.4 Å². The van der Waals surface area contributed by atoms with Gasteiger partial charge in [-0.1, -0.05) is 41.9 Å². The molecule has 1 unspecified atom stereocenters. The fraction of sp³-hybridized carbons (Fsp3) is 0.381. The van der Waals surface area contributed by atoms with Crippen LogP contribution in [0.1, 0.15) is 18.4 Å². The maximum atomic E-state index is 12.7. The Balaban J connectivity index is 1.51. The molecule has 3 rings (SSSR count). The van der Waals surface area contributed by atoms with E-state index in [1.165, 1.54) is 0 Å². The molecule has 1 aliphatic rings. The van der Waals surface area contributed by atoms with Crippen LogP contribution in [0.5, 0.6) is 5.75 Å². The number of likely N-dealkylation sites (tertiary alicyclic amines) is 1. The molecule has 1 atom stereocenters. The van der Waals surface area contributed by atoms with E-state index in [1.807, 2.05) is 23.1 Å². The quantitative estimate of drug-likeness (QED) is 0.772. The van der Waals surface area contributed by atoms with E-state index in [1.54, 1.807) is 25.3 Å². The zero-order valence-electron chi connectivity index (χ0n) is 15.5. The minimum Gasteiger partial charge on any atom is -0.495 e. The zero-order valence-corrected chi connectivity index (χ0v) is 16.2. The molecular formula is C21H25ClN2O3. The van der Waals surface area contributed by atoms with Crippen molar-refractivity contribution in [2.24, 2.45) is 5.92 Å². The predicted octanol–water partition coefficient (Wildman–Crippen LogP) is 4.81. The number of nitrogens with one attached hydrogen (secondary N) is 1. The second kappa shape index (κ2) is 9.62. The topological polar surface area (TPSA) is 50.8 Å². The number of nitrogens with zero attached hydrogens (tertiary/aromatic N) is 1. The molecule has 2 aromatic rings. The number of methoxy groups -OCH3 is 1. The molecule has 1 aliphatic heterocycles. The summed E-state index contributed by atoms with van der Waals surface area (Å²) in [4.78, 5) is 14.5. The summed E-state index contributed by atoms with van der Waals surface area (Å²) in [5, 5.41) is 3.46. The lowest BCUT2D eigenvalue weighted by Gasteiger charge is -2.32. The highest BCUT2D eigenvalue weighted by molar-refractivity contribution is 6.31. The number of benzene rings is 2. The number of halogens is 1. The number of rotatable bonds is 6. The number of amides is 2. The first-order valence-corrected chi connectivity index (χ1v) is 9.54. The van der Waals surface area contributed by atoms with Gasteiger partial charge in [-0.2, -0.15) is 0 Å². The van der Waals surface area contributed by atoms with Crippen LogP contribution in [-0.4, -0.2) is 37.7 Å². The smallest absolute Gasteiger partial charge is 0.321 e. The van der Waals surface area contributed by atoms with Gasteiger partial charge >= 0.3 is 6.03 Å². The third kappa shape index (κ3) is 5.62. The summed E-state index contributed by atoms with van der Waals surface area (Å²) in [5.74, 6) is 0.932. The second-order valence-corrected chi connectivity index (χ2v) is 7.17. The van der Waals surface area contributed by atoms with E-state index in [0.29, 0.717) is 42.1 Å². The molecule has 1 heterocycles. The van der Waals surface area contributed by atoms with Crippen molar-refractivity contribution in [2.75, 3.05) is 32.1 Å². The Labute approximate surface area is 165 Å². The lowest BCUT2D eigenvalue weighted by Crippen LogP contribution is -2.43. The highest BCUT2D eigenvalue weighted by Gasteiger charge is 2.24. The Morgan fingerprint density at radius 2 is 2.07 bits per heavy atom. The molecule has 2 aromatic carbocycles. The lowest BCUT2D eigenvalue weighted by molar-refractivity contribution is 0.0606. The van der Waals surface area contributed by atoms with Crippen LogP contribution in [0.2, 0.25) is 5.02 Å². The van der Waals surface area contributed by atoms with Gasteiger partial charge in [-0.25, -0.2) is 4.79 Å². The normalized spacial score (nSPS) is 16.8. The fourth-order valence-electron chi connectivity index (χ4n) is 3.28. The van der Waals surface area contributed by atoms with Crippen molar-refractivity contribution in [2.45, 2.75) is 19.4 Å². The summed E-state index contributed by atoms with van der Waals surface area (Å²) < 4.78 is 11.2. The van der Waals surface area contributed by atoms with Crippen LogP contribution in [-0.2, 0) is 11.3 Å². The van der Waals surface area contributed by atoms with E-state index in [4.69, 9.17) is 21.1 Å². The van der Waals surface area contributed by atoms with Gasteiger partial charge in [0.2, 0.25) is 0 Å². The summed E-state index contributed by atoms with van der Waals surface area (Å²) in [6.07, 6.45) is 2.04. The van der Waals surface area contributed by atoms with E-state index in [9.17, 15) is 4.79 Å². The van der Waals surface area contributed by atoms with Crippen molar-refractivity contribution in [3.05, 3.63) is 59.1 Å². The largest absolute Gasteiger partial charge is 0.495 e. The number of carbonyl (C=O) groups is 1. The zero-order chi connectivity index (χ0) is 19.1. The van der Waals surface area contributed by atoms with Crippen LogP contribution in [0, 0.1) is 5.92 Å². The first-order valence-electron chi connectivity index (χ1n) is 9.17. The molecule has 5 nitrogen and oxygen atoms in total. The molecular weight excluding hydrogens is 364 g/mol. The van der Waals surface area contributed by atoms with E-state index >= 15 is 0 Å². The number of ether oxygens (including phenoxy) is 2. The second-order valence-electron chi connectivity index (χ2n) is 6.73. The van der Waals surface area contributed by atoms with Gasteiger partial charge in [0, 0.05) is 24.0 Å². The monoisotopic (exact) mass is 388 g/mol. The molecule has 27 heavy (non-hydrogen) atoms. The van der Waals surface area contributed by atoms with Gasteiger partial charge in [-0.3, -0.25) is 0 Å². The fourth-order valence-corrected chi connectivity index (χ4v) is 3.45. The Bertz CT molecular complexity index is 754. The average molecular weight is 389 g/mol. The highest BCUT2D eigenvalue weighted by atomic mass is 35.5. The lowest BCUT2D eigenvalue weighted by atomic mass is 9.99. The number of hydrogen-bond acceptors (Lipinski definition) is 3. The van der Waals surface area contributed by atoms with Crippen molar-refractivity contribution in [3.8, 4) is 5.75 Å². The molecule has 2 amide bonds. The van der Waals surface area contributed by atoms with Gasteiger partial charge in [0.1, 0.15) is 5.75 Å². The maximum Gasteiger partial charge on any atom is 0.321 e. The van der Waals surface area contributed by atoms with Crippen LogP contribution in [0.25, 0.3) is 0 Å². The Kier molecular flexibility index (Phi) is 6.96. The van der Waals surface area contributed by atoms with Crippen LogP contribution in [0.4, 0.5) is 10.5 Å². The third-order valence-electron chi connectivity index (χ3n) is 4.67. The van der Waals surface area contributed by atoms with Gasteiger partial charge in [-0.15, -0.1) is 0 Å². The SMILES string of the molecule is COc1ccc(Cl)cc1NC(=O)N1CCCC(COCc2ccccc2)C1. The number of piperidine rings is 1. The Hall–Kier alpha value is -2.24. The summed E-state index contributed by atoms with van der Waals surface area (Å²) in [6.45, 7) is 2.68. The average Bonchev–Trinajstić information content (AvgIpc) is 2.69. The van der Waals surface area contributed by atoms with Gasteiger partial charge in [-0.05, 0) is 36.6 Å². The summed E-state index contributed by atoms with van der Waals surface area (Å²) in [6, 6.07) is 15.2. The number of carbonyl (C=O) groups excluding carboxylic acids is 1. The number of hydrogen-bond donors (Lipinski definition) is 1. The maximum absolute atomic E-state index is 12.7. The summed E-state index contributed by atoms with van der Waals surface area (Å²) in [7, 11) is 1.57. The molecule has 0 bridgehead atoms. The predicted molar refractivity (Wildman–Crippen MR) is 107 cm³/mol. The van der Waals surface area contributed by atoms with Crippen molar-refractivity contribution in [1.82, 2.24) is 4.90 Å². The number of anilines is 1. The molecule has 1 N–H and O–H groups in total. The number of urea groups is 1. The van der Waals surface area contributed by atoms with Crippen molar-refractivity contribution < 1.29 is 14.3 Å². The minimum atomic E-state index is -0.136. The van der Waals surface area contributed by atoms with E-state index in [-0.39, 0.29) is 6.03 Å². The van der Waals surface area contributed by atoms with Crippen molar-refractivity contribution in [3.63, 3.8) is 0 Å². The van der Waals surface area contributed by atoms with Gasteiger partial charge in [0.25, 0.3) is 0 Å². The van der Waals surface area contributed by atoms with E-state index < -0.39 is 0 Å². The van der Waals surface area contributed by atoms with Crippen LogP contribution in [0.3, 0.4) is 0 Å². The molecule has 0 spiro atoms. The van der Waals surface area contributed by atoms with Gasteiger partial charge in [0.15, 0.2) is 0 Å². The molecule has 0 saturated carbocycles. The summed E-state index contributed by atoms with van der Waals surface area (Å²) in [5.41, 5.74) is 1.74. The highest BCUT2D eigenvalue weighted by Crippen LogP contribution is 2.28.